The van der Waals surface area contributed by atoms with Crippen molar-refractivity contribution in [2.45, 2.75) is 20.4 Å². The summed E-state index contributed by atoms with van der Waals surface area (Å²) in [6.45, 7) is 5.85. The number of aromatic nitrogens is 1. The normalized spacial score (nSPS) is 11.8. The van der Waals surface area contributed by atoms with Crippen LogP contribution < -0.4 is 14.3 Å². The van der Waals surface area contributed by atoms with Crippen LogP contribution in [0.25, 0.3) is 10.2 Å². The summed E-state index contributed by atoms with van der Waals surface area (Å²) in [5, 5.41) is 0. The molecule has 2 aromatic carbocycles. The predicted molar refractivity (Wildman–Crippen MR) is 110 cm³/mol. The highest BCUT2D eigenvalue weighted by Crippen LogP contribution is 2.23. The summed E-state index contributed by atoms with van der Waals surface area (Å²) in [5.74, 6) is 0.758. The first-order valence-corrected chi connectivity index (χ1v) is 9.87. The molecule has 148 valence electrons. The number of methoxy groups -OCH3 is 2. The lowest BCUT2D eigenvalue weighted by molar-refractivity contribution is 0.0996. The number of aryl methyl sites for hydroxylation is 1. The van der Waals surface area contributed by atoms with Crippen LogP contribution in [0.15, 0.2) is 41.4 Å². The van der Waals surface area contributed by atoms with Gasteiger partial charge in [-0.15, -0.1) is 0 Å². The Bertz CT molecular complexity index is 1030. The average Bonchev–Trinajstić information content (AvgIpc) is 3.03. The minimum atomic E-state index is -0.342. The van der Waals surface area contributed by atoms with Gasteiger partial charge in [-0.25, -0.2) is 0 Å². The molecule has 0 aliphatic rings. The van der Waals surface area contributed by atoms with Crippen LogP contribution in [0, 0.1) is 6.92 Å². The third kappa shape index (κ3) is 4.43. The van der Waals surface area contributed by atoms with Crippen molar-refractivity contribution in [1.29, 1.82) is 0 Å². The van der Waals surface area contributed by atoms with Gasteiger partial charge in [0.1, 0.15) is 11.5 Å². The smallest absolute Gasteiger partial charge is 0.279 e. The van der Waals surface area contributed by atoms with E-state index in [1.54, 1.807) is 32.4 Å². The number of benzene rings is 2. The summed E-state index contributed by atoms with van der Waals surface area (Å²) < 4.78 is 19.1. The van der Waals surface area contributed by atoms with Crippen molar-refractivity contribution in [1.82, 2.24) is 4.57 Å². The molecule has 0 unspecified atom stereocenters. The van der Waals surface area contributed by atoms with Crippen LogP contribution in [-0.4, -0.2) is 37.9 Å². The van der Waals surface area contributed by atoms with Crippen molar-refractivity contribution in [3.05, 3.63) is 52.3 Å². The molecule has 1 heterocycles. The molecule has 0 saturated heterocycles. The molecule has 0 radical (unpaired) electrons. The number of thiazole rings is 1. The molecule has 0 spiro atoms. The molecular weight excluding hydrogens is 376 g/mol. The summed E-state index contributed by atoms with van der Waals surface area (Å²) in [5.41, 5.74) is 2.63. The lowest BCUT2D eigenvalue weighted by Gasteiger charge is -2.07. The maximum Gasteiger partial charge on any atom is 0.279 e. The number of hydrogen-bond acceptors (Lipinski definition) is 5. The molecule has 0 saturated carbocycles. The van der Waals surface area contributed by atoms with E-state index in [0.29, 0.717) is 41.6 Å². The Hall–Kier alpha value is -2.64. The summed E-state index contributed by atoms with van der Waals surface area (Å²) in [6, 6.07) is 11.3. The highest BCUT2D eigenvalue weighted by atomic mass is 32.1. The van der Waals surface area contributed by atoms with Gasteiger partial charge >= 0.3 is 0 Å². The van der Waals surface area contributed by atoms with Crippen LogP contribution in [0.2, 0.25) is 0 Å². The highest BCUT2D eigenvalue weighted by molar-refractivity contribution is 7.16. The predicted octanol–water partition coefficient (Wildman–Crippen LogP) is 3.81. The summed E-state index contributed by atoms with van der Waals surface area (Å²) in [6.07, 6.45) is 0. The molecule has 0 fully saturated rings. The molecule has 3 rings (SSSR count). The van der Waals surface area contributed by atoms with Crippen molar-refractivity contribution in [3.63, 3.8) is 0 Å². The molecule has 1 aromatic heterocycles. The molecule has 1 amide bonds. The third-order valence-corrected chi connectivity index (χ3v) is 5.34. The quantitative estimate of drug-likeness (QED) is 0.566. The fraction of sp³-hybridized carbons (Fsp3) is 0.333. The van der Waals surface area contributed by atoms with Crippen molar-refractivity contribution in [2.24, 2.45) is 4.99 Å². The third-order valence-electron chi connectivity index (χ3n) is 4.30. The van der Waals surface area contributed by atoms with Gasteiger partial charge in [-0.05, 0) is 43.7 Å². The molecule has 0 N–H and O–H groups in total. The van der Waals surface area contributed by atoms with Crippen molar-refractivity contribution < 1.29 is 19.0 Å². The largest absolute Gasteiger partial charge is 0.497 e. The summed E-state index contributed by atoms with van der Waals surface area (Å²) in [7, 11) is 3.10. The molecule has 0 aliphatic heterocycles. The van der Waals surface area contributed by atoms with E-state index < -0.39 is 0 Å². The first-order chi connectivity index (χ1) is 13.5. The number of rotatable bonds is 7. The maximum atomic E-state index is 12.9. The fourth-order valence-corrected chi connectivity index (χ4v) is 4.02. The monoisotopic (exact) mass is 400 g/mol. The van der Waals surface area contributed by atoms with Gasteiger partial charge in [-0.3, -0.25) is 4.79 Å². The standard InChI is InChI=1S/C21H24N2O4S/c1-5-27-9-8-23-18-7-6-14(2)10-19(18)28-21(23)22-20(24)15-11-16(25-3)13-17(12-15)26-4/h6-7,10-13H,5,8-9H2,1-4H3. The Morgan fingerprint density at radius 1 is 1.11 bits per heavy atom. The minimum Gasteiger partial charge on any atom is -0.497 e. The number of nitrogens with zero attached hydrogens (tertiary/aromatic N) is 2. The molecular formula is C21H24N2O4S. The number of amides is 1. The first kappa shape index (κ1) is 20.1. The second-order valence-electron chi connectivity index (χ2n) is 6.22. The molecule has 0 aliphatic carbocycles. The summed E-state index contributed by atoms with van der Waals surface area (Å²) in [4.78, 5) is 17.9. The molecule has 6 nitrogen and oxygen atoms in total. The van der Waals surface area contributed by atoms with Crippen LogP contribution in [0.5, 0.6) is 11.5 Å². The zero-order valence-corrected chi connectivity index (χ0v) is 17.3. The van der Waals surface area contributed by atoms with Gasteiger partial charge in [0.05, 0.1) is 31.0 Å². The van der Waals surface area contributed by atoms with E-state index in [1.807, 2.05) is 18.4 Å². The summed E-state index contributed by atoms with van der Waals surface area (Å²) >= 11 is 1.50. The van der Waals surface area contributed by atoms with E-state index >= 15 is 0 Å². The van der Waals surface area contributed by atoms with Gasteiger partial charge in [-0.1, -0.05) is 17.4 Å². The first-order valence-electron chi connectivity index (χ1n) is 9.05. The molecule has 7 heteroatoms. The van der Waals surface area contributed by atoms with Gasteiger partial charge in [0, 0.05) is 24.8 Å². The SMILES string of the molecule is CCOCCn1c(=NC(=O)c2cc(OC)cc(OC)c2)sc2cc(C)ccc21. The van der Waals surface area contributed by atoms with Crippen LogP contribution >= 0.6 is 11.3 Å². The molecule has 3 aromatic rings. The number of hydrogen-bond donors (Lipinski definition) is 0. The zero-order chi connectivity index (χ0) is 20.1. The number of carbonyl (C=O) groups excluding carboxylic acids is 1. The van der Waals surface area contributed by atoms with Gasteiger partial charge in [0.2, 0.25) is 0 Å². The van der Waals surface area contributed by atoms with E-state index in [4.69, 9.17) is 14.2 Å². The van der Waals surface area contributed by atoms with E-state index in [0.717, 1.165) is 10.2 Å². The Morgan fingerprint density at radius 2 is 1.82 bits per heavy atom. The molecule has 0 atom stereocenters. The molecule has 28 heavy (non-hydrogen) atoms. The van der Waals surface area contributed by atoms with Crippen molar-refractivity contribution in [2.75, 3.05) is 27.4 Å². The van der Waals surface area contributed by atoms with E-state index in [9.17, 15) is 4.79 Å². The second kappa shape index (κ2) is 9.03. The van der Waals surface area contributed by atoms with E-state index in [2.05, 4.69) is 23.2 Å². The van der Waals surface area contributed by atoms with Gasteiger partial charge in [-0.2, -0.15) is 4.99 Å². The van der Waals surface area contributed by atoms with Crippen LogP contribution in [0.4, 0.5) is 0 Å². The van der Waals surface area contributed by atoms with E-state index in [1.165, 1.54) is 16.9 Å². The zero-order valence-electron chi connectivity index (χ0n) is 16.5. The average molecular weight is 401 g/mol. The van der Waals surface area contributed by atoms with Crippen LogP contribution in [0.3, 0.4) is 0 Å². The Labute approximate surface area is 168 Å². The topological polar surface area (TPSA) is 62.1 Å². The van der Waals surface area contributed by atoms with Gasteiger partial charge in [0.25, 0.3) is 5.91 Å². The number of fused-ring (bicyclic) bond motifs is 1. The number of carbonyl (C=O) groups is 1. The Kier molecular flexibility index (Phi) is 6.49. The maximum absolute atomic E-state index is 12.9. The van der Waals surface area contributed by atoms with Crippen molar-refractivity contribution in [3.8, 4) is 11.5 Å². The lowest BCUT2D eigenvalue weighted by atomic mass is 10.2. The molecule has 0 bridgehead atoms. The van der Waals surface area contributed by atoms with Crippen LogP contribution in [-0.2, 0) is 11.3 Å². The Morgan fingerprint density at radius 3 is 2.46 bits per heavy atom. The number of ether oxygens (including phenoxy) is 3. The fourth-order valence-electron chi connectivity index (χ4n) is 2.86. The second-order valence-corrected chi connectivity index (χ2v) is 7.23. The highest BCUT2D eigenvalue weighted by Gasteiger charge is 2.12. The van der Waals surface area contributed by atoms with Crippen molar-refractivity contribution >= 4 is 27.5 Å². The lowest BCUT2D eigenvalue weighted by Crippen LogP contribution is -2.19. The van der Waals surface area contributed by atoms with Gasteiger partial charge in [0.15, 0.2) is 4.80 Å². The minimum absolute atomic E-state index is 0.342. The van der Waals surface area contributed by atoms with Gasteiger partial charge < -0.3 is 18.8 Å². The van der Waals surface area contributed by atoms with E-state index in [-0.39, 0.29) is 5.91 Å². The Balaban J connectivity index is 2.07. The van der Waals surface area contributed by atoms with Crippen LogP contribution in [0.1, 0.15) is 22.8 Å².